The van der Waals surface area contributed by atoms with Crippen LogP contribution in [0.15, 0.2) is 10.5 Å². The zero-order valence-electron chi connectivity index (χ0n) is 14.8. The Balaban J connectivity index is 1.44. The second-order valence-electron chi connectivity index (χ2n) is 7.41. The number of aromatic amines is 1. The minimum absolute atomic E-state index is 0.0405. The van der Waals surface area contributed by atoms with Crippen LogP contribution in [0, 0.1) is 12.3 Å². The van der Waals surface area contributed by atoms with Crippen LogP contribution < -0.4 is 0 Å². The average Bonchev–Trinajstić information content (AvgIpc) is 3.27. The topological polar surface area (TPSA) is 91.1 Å². The molecule has 2 aromatic heterocycles. The molecule has 4 heterocycles. The standard InChI is InChI=1S/C17H24N6O2/c1-12-13(11-14(25-12)15-18-20-21-19-15)16(24)23-9-5-17(6-10-23)3-7-22(2)8-4-17/h11H,3-10H2,1-2H3,(H,18,19,20,21). The molecule has 0 saturated carbocycles. The van der Waals surface area contributed by atoms with Crippen molar-refractivity contribution in [1.29, 1.82) is 0 Å². The van der Waals surface area contributed by atoms with Gasteiger partial charge in [-0.05, 0) is 63.4 Å². The highest BCUT2D eigenvalue weighted by Gasteiger charge is 2.38. The molecule has 8 heteroatoms. The largest absolute Gasteiger partial charge is 0.457 e. The van der Waals surface area contributed by atoms with E-state index in [1.165, 1.54) is 25.9 Å². The monoisotopic (exact) mass is 344 g/mol. The minimum atomic E-state index is 0.0405. The van der Waals surface area contributed by atoms with Crippen LogP contribution in [0.5, 0.6) is 0 Å². The number of hydrogen-bond acceptors (Lipinski definition) is 6. The van der Waals surface area contributed by atoms with Gasteiger partial charge < -0.3 is 14.2 Å². The SMILES string of the molecule is Cc1oc(-c2nn[nH]n2)cc1C(=O)N1CCC2(CCN(C)CC2)CC1. The Labute approximate surface area is 146 Å². The fourth-order valence-electron chi connectivity index (χ4n) is 4.02. The van der Waals surface area contributed by atoms with E-state index in [-0.39, 0.29) is 5.91 Å². The van der Waals surface area contributed by atoms with Crippen LogP contribution in [0.1, 0.15) is 41.8 Å². The van der Waals surface area contributed by atoms with Crippen LogP contribution in [0.3, 0.4) is 0 Å². The van der Waals surface area contributed by atoms with Gasteiger partial charge in [-0.2, -0.15) is 5.21 Å². The molecule has 2 saturated heterocycles. The molecule has 4 rings (SSSR count). The van der Waals surface area contributed by atoms with E-state index in [1.54, 1.807) is 13.0 Å². The second-order valence-corrected chi connectivity index (χ2v) is 7.41. The number of aromatic nitrogens is 4. The molecule has 134 valence electrons. The van der Waals surface area contributed by atoms with Crippen LogP contribution in [0.2, 0.25) is 0 Å². The number of rotatable bonds is 2. The normalized spacial score (nSPS) is 21.0. The third-order valence-electron chi connectivity index (χ3n) is 5.87. The summed E-state index contributed by atoms with van der Waals surface area (Å²) in [6.07, 6.45) is 4.69. The Morgan fingerprint density at radius 3 is 2.52 bits per heavy atom. The van der Waals surface area contributed by atoms with Gasteiger partial charge in [0.1, 0.15) is 5.76 Å². The van der Waals surface area contributed by atoms with Crippen molar-refractivity contribution >= 4 is 5.91 Å². The molecule has 2 aromatic rings. The molecule has 0 aliphatic carbocycles. The number of hydrogen-bond donors (Lipinski definition) is 1. The van der Waals surface area contributed by atoms with Crippen LogP contribution in [0.4, 0.5) is 0 Å². The zero-order chi connectivity index (χ0) is 17.4. The minimum Gasteiger partial charge on any atom is -0.457 e. The first-order valence-corrected chi connectivity index (χ1v) is 8.88. The lowest BCUT2D eigenvalue weighted by Gasteiger charge is -2.46. The molecule has 2 aliphatic heterocycles. The fraction of sp³-hybridized carbons (Fsp3) is 0.647. The van der Waals surface area contributed by atoms with Gasteiger partial charge in [-0.3, -0.25) is 4.79 Å². The molecule has 0 atom stereocenters. The summed E-state index contributed by atoms with van der Waals surface area (Å²) in [5, 5.41) is 13.7. The van der Waals surface area contributed by atoms with E-state index in [9.17, 15) is 4.79 Å². The lowest BCUT2D eigenvalue weighted by molar-refractivity contribution is 0.0351. The first-order chi connectivity index (χ1) is 12.1. The van der Waals surface area contributed by atoms with Crippen molar-refractivity contribution in [3.8, 4) is 11.6 Å². The van der Waals surface area contributed by atoms with E-state index in [1.807, 2.05) is 4.90 Å². The Morgan fingerprint density at radius 1 is 1.20 bits per heavy atom. The van der Waals surface area contributed by atoms with Gasteiger partial charge in [0, 0.05) is 19.2 Å². The summed E-state index contributed by atoms with van der Waals surface area (Å²) in [4.78, 5) is 17.3. The van der Waals surface area contributed by atoms with E-state index in [4.69, 9.17) is 4.42 Å². The first-order valence-electron chi connectivity index (χ1n) is 8.88. The van der Waals surface area contributed by atoms with Gasteiger partial charge in [0.25, 0.3) is 5.91 Å². The van der Waals surface area contributed by atoms with E-state index in [0.29, 0.717) is 28.3 Å². The maximum absolute atomic E-state index is 12.9. The zero-order valence-corrected chi connectivity index (χ0v) is 14.8. The van der Waals surface area contributed by atoms with Gasteiger partial charge in [-0.1, -0.05) is 0 Å². The second kappa shape index (κ2) is 6.25. The number of H-pyrrole nitrogens is 1. The number of piperidine rings is 2. The highest BCUT2D eigenvalue weighted by atomic mass is 16.3. The summed E-state index contributed by atoms with van der Waals surface area (Å²) in [7, 11) is 2.19. The summed E-state index contributed by atoms with van der Waals surface area (Å²) < 4.78 is 5.65. The molecule has 25 heavy (non-hydrogen) atoms. The molecule has 0 aromatic carbocycles. The predicted molar refractivity (Wildman–Crippen MR) is 90.9 cm³/mol. The molecule has 0 unspecified atom stereocenters. The van der Waals surface area contributed by atoms with Crippen molar-refractivity contribution in [3.63, 3.8) is 0 Å². The molecular formula is C17H24N6O2. The van der Waals surface area contributed by atoms with Crippen molar-refractivity contribution in [1.82, 2.24) is 30.4 Å². The first kappa shape index (κ1) is 16.3. The third-order valence-corrected chi connectivity index (χ3v) is 5.87. The maximum Gasteiger partial charge on any atom is 0.257 e. The summed E-state index contributed by atoms with van der Waals surface area (Å²) in [6.45, 7) is 5.79. The number of nitrogens with one attached hydrogen (secondary N) is 1. The van der Waals surface area contributed by atoms with Crippen molar-refractivity contribution in [2.45, 2.75) is 32.6 Å². The molecule has 2 aliphatic rings. The summed E-state index contributed by atoms with van der Waals surface area (Å²) in [6, 6.07) is 1.72. The number of carbonyl (C=O) groups is 1. The Hall–Kier alpha value is -2.22. The number of furan rings is 1. The van der Waals surface area contributed by atoms with Crippen LogP contribution >= 0.6 is 0 Å². The van der Waals surface area contributed by atoms with Crippen molar-refractivity contribution in [2.75, 3.05) is 33.2 Å². The number of nitrogens with zero attached hydrogens (tertiary/aromatic N) is 5. The fourth-order valence-corrected chi connectivity index (χ4v) is 4.02. The van der Waals surface area contributed by atoms with E-state index < -0.39 is 0 Å². The van der Waals surface area contributed by atoms with Crippen molar-refractivity contribution in [3.05, 3.63) is 17.4 Å². The number of amides is 1. The lowest BCUT2D eigenvalue weighted by atomic mass is 9.71. The van der Waals surface area contributed by atoms with Crippen LogP contribution in [0.25, 0.3) is 11.6 Å². The molecule has 0 radical (unpaired) electrons. The third kappa shape index (κ3) is 3.06. The number of tetrazole rings is 1. The van der Waals surface area contributed by atoms with E-state index >= 15 is 0 Å². The van der Waals surface area contributed by atoms with E-state index in [2.05, 4.69) is 32.6 Å². The van der Waals surface area contributed by atoms with Gasteiger partial charge in [0.05, 0.1) is 5.56 Å². The molecule has 1 N–H and O–H groups in total. The van der Waals surface area contributed by atoms with Gasteiger partial charge in [-0.25, -0.2) is 0 Å². The van der Waals surface area contributed by atoms with Gasteiger partial charge in [0.15, 0.2) is 5.76 Å². The number of carbonyl (C=O) groups excluding carboxylic acids is 1. The maximum atomic E-state index is 12.9. The average molecular weight is 344 g/mol. The summed E-state index contributed by atoms with van der Waals surface area (Å²) >= 11 is 0. The summed E-state index contributed by atoms with van der Waals surface area (Å²) in [5.74, 6) is 1.48. The molecule has 2 fully saturated rings. The van der Waals surface area contributed by atoms with Crippen LogP contribution in [-0.2, 0) is 0 Å². The van der Waals surface area contributed by atoms with Gasteiger partial charge in [0.2, 0.25) is 5.82 Å². The van der Waals surface area contributed by atoms with Crippen LogP contribution in [-0.4, -0.2) is 69.6 Å². The predicted octanol–water partition coefficient (Wildman–Crippen LogP) is 1.72. The Bertz CT molecular complexity index is 735. The van der Waals surface area contributed by atoms with Crippen molar-refractivity contribution in [2.24, 2.45) is 5.41 Å². The highest BCUT2D eigenvalue weighted by molar-refractivity contribution is 5.96. The molecule has 0 bridgehead atoms. The summed E-state index contributed by atoms with van der Waals surface area (Å²) in [5.41, 5.74) is 1.03. The quantitative estimate of drug-likeness (QED) is 0.892. The van der Waals surface area contributed by atoms with Crippen molar-refractivity contribution < 1.29 is 9.21 Å². The number of aryl methyl sites for hydroxylation is 1. The smallest absolute Gasteiger partial charge is 0.257 e. The molecular weight excluding hydrogens is 320 g/mol. The Morgan fingerprint density at radius 2 is 1.88 bits per heavy atom. The van der Waals surface area contributed by atoms with Gasteiger partial charge in [-0.15, -0.1) is 10.2 Å². The molecule has 1 amide bonds. The molecule has 1 spiro atoms. The number of likely N-dealkylation sites (tertiary alicyclic amines) is 2. The Kier molecular flexibility index (Phi) is 4.07. The van der Waals surface area contributed by atoms with Gasteiger partial charge >= 0.3 is 0 Å². The highest BCUT2D eigenvalue weighted by Crippen LogP contribution is 2.41. The molecule has 8 nitrogen and oxygen atoms in total. The lowest BCUT2D eigenvalue weighted by Crippen LogP contribution is -2.47. The van der Waals surface area contributed by atoms with E-state index in [0.717, 1.165) is 25.9 Å².